The highest BCUT2D eigenvalue weighted by Gasteiger charge is 2.10. The van der Waals surface area contributed by atoms with Crippen molar-refractivity contribution < 1.29 is 4.79 Å². The van der Waals surface area contributed by atoms with Crippen molar-refractivity contribution in [1.82, 2.24) is 14.8 Å². The molecule has 0 aliphatic carbocycles. The standard InChI is InChI=1S/C17H19N3.C10H7NO2/c1-12-17(18-3)13(2)20(19-12)11-14-8-9-15-6-4-5-7-16(15)10-14;12-6-7-5-10(13)11-9-4-2-1-3-8(7)9/h4-10,18H,11H2,1-3H3;1-6H,(H,11,13). The summed E-state index contributed by atoms with van der Waals surface area (Å²) in [6, 6.07) is 23.5. The number of nitrogens with one attached hydrogen (secondary N) is 2. The summed E-state index contributed by atoms with van der Waals surface area (Å²) < 4.78 is 2.06. The molecule has 0 atom stereocenters. The van der Waals surface area contributed by atoms with E-state index in [4.69, 9.17) is 0 Å². The summed E-state index contributed by atoms with van der Waals surface area (Å²) in [5.41, 5.74) is 5.50. The van der Waals surface area contributed by atoms with E-state index in [2.05, 4.69) is 69.5 Å². The van der Waals surface area contributed by atoms with Gasteiger partial charge in [0.15, 0.2) is 6.29 Å². The molecule has 0 bridgehead atoms. The van der Waals surface area contributed by atoms with E-state index in [1.54, 1.807) is 12.1 Å². The molecule has 0 fully saturated rings. The highest BCUT2D eigenvalue weighted by atomic mass is 16.1. The zero-order chi connectivity index (χ0) is 23.4. The maximum absolute atomic E-state index is 11.0. The van der Waals surface area contributed by atoms with Crippen LogP contribution in [0.1, 0.15) is 27.3 Å². The van der Waals surface area contributed by atoms with Crippen molar-refractivity contribution in [3.05, 3.63) is 106 Å². The predicted molar refractivity (Wildman–Crippen MR) is 134 cm³/mol. The molecule has 0 aliphatic rings. The predicted octanol–water partition coefficient (Wildman–Crippen LogP) is 5.08. The van der Waals surface area contributed by atoms with E-state index in [-0.39, 0.29) is 5.56 Å². The van der Waals surface area contributed by atoms with E-state index < -0.39 is 0 Å². The van der Waals surface area contributed by atoms with Gasteiger partial charge in [-0.25, -0.2) is 0 Å². The number of rotatable bonds is 4. The molecule has 0 aliphatic heterocycles. The molecule has 0 saturated heterocycles. The molecule has 2 heterocycles. The van der Waals surface area contributed by atoms with Crippen LogP contribution in [-0.2, 0) is 6.54 Å². The van der Waals surface area contributed by atoms with Crippen molar-refractivity contribution in [3.63, 3.8) is 0 Å². The topological polar surface area (TPSA) is 79.8 Å². The van der Waals surface area contributed by atoms with Gasteiger partial charge in [-0.15, -0.1) is 0 Å². The Morgan fingerprint density at radius 3 is 2.42 bits per heavy atom. The van der Waals surface area contributed by atoms with Gasteiger partial charge in [0.05, 0.1) is 23.6 Å². The number of H-pyrrole nitrogens is 1. The maximum Gasteiger partial charge on any atom is 0.249 e. The first-order valence-corrected chi connectivity index (χ1v) is 10.8. The largest absolute Gasteiger partial charge is 0.385 e. The van der Waals surface area contributed by atoms with Gasteiger partial charge in [-0.2, -0.15) is 5.10 Å². The lowest BCUT2D eigenvalue weighted by atomic mass is 10.1. The quantitative estimate of drug-likeness (QED) is 0.383. The highest BCUT2D eigenvalue weighted by Crippen LogP contribution is 2.21. The fourth-order valence-electron chi connectivity index (χ4n) is 4.05. The Kier molecular flexibility index (Phi) is 6.36. The number of hydrogen-bond acceptors (Lipinski definition) is 4. The lowest BCUT2D eigenvalue weighted by Crippen LogP contribution is -2.05. The molecule has 5 rings (SSSR count). The fourth-order valence-corrected chi connectivity index (χ4v) is 4.05. The van der Waals surface area contributed by atoms with Crippen LogP contribution >= 0.6 is 0 Å². The first-order chi connectivity index (χ1) is 16.0. The summed E-state index contributed by atoms with van der Waals surface area (Å²) in [6.07, 6.45) is 0.692. The number of para-hydroxylation sites is 1. The normalized spacial score (nSPS) is 10.6. The molecule has 0 saturated carbocycles. The van der Waals surface area contributed by atoms with Crippen LogP contribution in [0.5, 0.6) is 0 Å². The van der Waals surface area contributed by atoms with Gasteiger partial charge in [-0.05, 0) is 42.3 Å². The van der Waals surface area contributed by atoms with Crippen LogP contribution in [0.4, 0.5) is 5.69 Å². The van der Waals surface area contributed by atoms with Crippen molar-refractivity contribution in [1.29, 1.82) is 0 Å². The minimum Gasteiger partial charge on any atom is -0.385 e. The SMILES string of the molecule is CNc1c(C)nn(Cc2ccc3ccccc3c2)c1C.O=Cc1cc(=O)[nH]c2ccccc12. The minimum absolute atomic E-state index is 0.249. The number of benzene rings is 3. The highest BCUT2D eigenvalue weighted by molar-refractivity contribution is 5.95. The van der Waals surface area contributed by atoms with Gasteiger partial charge in [-0.1, -0.05) is 54.6 Å². The lowest BCUT2D eigenvalue weighted by molar-refractivity contribution is 0.112. The van der Waals surface area contributed by atoms with Gasteiger partial charge < -0.3 is 10.3 Å². The van der Waals surface area contributed by atoms with Crippen LogP contribution in [0, 0.1) is 13.8 Å². The number of aromatic nitrogens is 3. The fraction of sp³-hybridized carbons (Fsp3) is 0.148. The number of aromatic amines is 1. The smallest absolute Gasteiger partial charge is 0.249 e. The van der Waals surface area contributed by atoms with Gasteiger partial charge in [0.2, 0.25) is 5.56 Å². The van der Waals surface area contributed by atoms with E-state index in [1.165, 1.54) is 28.1 Å². The molecule has 0 unspecified atom stereocenters. The second-order valence-electron chi connectivity index (χ2n) is 7.89. The van der Waals surface area contributed by atoms with Gasteiger partial charge >= 0.3 is 0 Å². The van der Waals surface area contributed by atoms with Crippen molar-refractivity contribution in [3.8, 4) is 0 Å². The molecule has 6 heteroatoms. The molecule has 2 N–H and O–H groups in total. The van der Waals surface area contributed by atoms with Crippen molar-refractivity contribution in [2.45, 2.75) is 20.4 Å². The Morgan fingerprint density at radius 2 is 1.70 bits per heavy atom. The van der Waals surface area contributed by atoms with Gasteiger partial charge in [-0.3, -0.25) is 14.3 Å². The summed E-state index contributed by atoms with van der Waals surface area (Å²) in [4.78, 5) is 24.3. The molecule has 6 nitrogen and oxygen atoms in total. The van der Waals surface area contributed by atoms with Crippen LogP contribution in [-0.4, -0.2) is 28.1 Å². The van der Waals surface area contributed by atoms with Crippen molar-refractivity contribution in [2.24, 2.45) is 0 Å². The third kappa shape index (κ3) is 4.70. The van der Waals surface area contributed by atoms with Crippen LogP contribution in [0.15, 0.2) is 77.6 Å². The average molecular weight is 439 g/mol. The van der Waals surface area contributed by atoms with E-state index in [9.17, 15) is 9.59 Å². The molecule has 0 amide bonds. The number of nitrogens with zero attached hydrogens (tertiary/aromatic N) is 2. The number of carbonyl (C=O) groups is 1. The Balaban J connectivity index is 0.000000172. The van der Waals surface area contributed by atoms with Gasteiger partial charge in [0, 0.05) is 29.6 Å². The average Bonchev–Trinajstić information content (AvgIpc) is 3.10. The monoisotopic (exact) mass is 438 g/mol. The molecule has 0 radical (unpaired) electrons. The van der Waals surface area contributed by atoms with Crippen LogP contribution in [0.3, 0.4) is 0 Å². The number of fused-ring (bicyclic) bond motifs is 2. The van der Waals surface area contributed by atoms with Gasteiger partial charge in [0.1, 0.15) is 0 Å². The number of aryl methyl sites for hydroxylation is 1. The number of hydrogen-bond donors (Lipinski definition) is 2. The number of carbonyl (C=O) groups excluding carboxylic acids is 1. The zero-order valence-corrected chi connectivity index (χ0v) is 18.9. The van der Waals surface area contributed by atoms with E-state index >= 15 is 0 Å². The van der Waals surface area contributed by atoms with Crippen molar-refractivity contribution in [2.75, 3.05) is 12.4 Å². The van der Waals surface area contributed by atoms with Crippen LogP contribution < -0.4 is 10.9 Å². The number of anilines is 1. The van der Waals surface area contributed by atoms with Gasteiger partial charge in [0.25, 0.3) is 0 Å². The third-order valence-electron chi connectivity index (χ3n) is 5.69. The first kappa shape index (κ1) is 22.0. The first-order valence-electron chi connectivity index (χ1n) is 10.8. The maximum atomic E-state index is 11.0. The Morgan fingerprint density at radius 1 is 0.970 bits per heavy atom. The zero-order valence-electron chi connectivity index (χ0n) is 18.9. The van der Waals surface area contributed by atoms with Crippen LogP contribution in [0.25, 0.3) is 21.7 Å². The Bertz CT molecular complexity index is 1500. The number of pyridine rings is 1. The molecular weight excluding hydrogens is 412 g/mol. The second kappa shape index (κ2) is 9.53. The molecule has 33 heavy (non-hydrogen) atoms. The van der Waals surface area contributed by atoms with E-state index in [0.29, 0.717) is 17.4 Å². The second-order valence-corrected chi connectivity index (χ2v) is 7.89. The number of aldehydes is 1. The Labute approximate surface area is 191 Å². The molecule has 166 valence electrons. The van der Waals surface area contributed by atoms with Crippen molar-refractivity contribution >= 4 is 33.6 Å². The summed E-state index contributed by atoms with van der Waals surface area (Å²) >= 11 is 0. The summed E-state index contributed by atoms with van der Waals surface area (Å²) in [7, 11) is 1.94. The summed E-state index contributed by atoms with van der Waals surface area (Å²) in [5, 5.41) is 11.2. The van der Waals surface area contributed by atoms with E-state index in [0.717, 1.165) is 23.3 Å². The molecule has 3 aromatic carbocycles. The summed E-state index contributed by atoms with van der Waals surface area (Å²) in [5.74, 6) is 0. The van der Waals surface area contributed by atoms with E-state index in [1.807, 2.05) is 26.1 Å². The molecule has 5 aromatic rings. The molecular formula is C27H26N4O2. The molecule has 2 aromatic heterocycles. The van der Waals surface area contributed by atoms with Crippen LogP contribution in [0.2, 0.25) is 0 Å². The minimum atomic E-state index is -0.249. The molecule has 0 spiro atoms. The third-order valence-corrected chi connectivity index (χ3v) is 5.69. The summed E-state index contributed by atoms with van der Waals surface area (Å²) in [6.45, 7) is 4.95. The lowest BCUT2D eigenvalue weighted by Gasteiger charge is -2.07. The Hall–Kier alpha value is -4.19.